The predicted octanol–water partition coefficient (Wildman–Crippen LogP) is 6.31. The van der Waals surface area contributed by atoms with E-state index in [9.17, 15) is 0 Å². The van der Waals surface area contributed by atoms with Crippen LogP contribution >= 0.6 is 0 Å². The fraction of sp³-hybridized carbons (Fsp3) is 0. The van der Waals surface area contributed by atoms with Crippen LogP contribution in [-0.4, -0.2) is 34.3 Å². The summed E-state index contributed by atoms with van der Waals surface area (Å²) in [5, 5.41) is 47.9. The second-order valence-electron chi connectivity index (χ2n) is 11.5. The molecular formula is C42H30ClN6Ru+. The molecule has 6 aromatic carbocycles. The number of hydrogen-bond acceptors (Lipinski definition) is 6. The van der Waals surface area contributed by atoms with Gasteiger partial charge in [-0.3, -0.25) is 32.5 Å². The van der Waals surface area contributed by atoms with Crippen LogP contribution < -0.4 is 12.4 Å². The van der Waals surface area contributed by atoms with Gasteiger partial charge in [0.15, 0.2) is 0 Å². The molecule has 3 aliphatic rings. The Balaban J connectivity index is 0.000000143. The van der Waals surface area contributed by atoms with Crippen LogP contribution in [0.4, 0.5) is 0 Å². The molecular weight excluding hydrogens is 725 g/mol. The monoisotopic (exact) mass is 755 g/mol. The topological polar surface area (TPSA) is 143 Å². The van der Waals surface area contributed by atoms with Crippen molar-refractivity contribution in [2.75, 3.05) is 0 Å². The van der Waals surface area contributed by atoms with Crippen LogP contribution in [0.15, 0.2) is 146 Å². The molecule has 50 heavy (non-hydrogen) atoms. The second kappa shape index (κ2) is 14.8. The Hall–Kier alpha value is -5.75. The minimum absolute atomic E-state index is 0. The molecule has 0 spiro atoms. The summed E-state index contributed by atoms with van der Waals surface area (Å²) in [6.07, 6.45) is 0. The van der Waals surface area contributed by atoms with Crippen LogP contribution in [0.1, 0.15) is 33.4 Å². The van der Waals surface area contributed by atoms with Crippen molar-refractivity contribution in [3.05, 3.63) is 179 Å². The van der Waals surface area contributed by atoms with E-state index in [1.807, 2.05) is 146 Å². The summed E-state index contributed by atoms with van der Waals surface area (Å²) in [5.41, 5.74) is 13.3. The number of rotatable bonds is 0. The third-order valence-electron chi connectivity index (χ3n) is 8.80. The minimum atomic E-state index is 0. The van der Waals surface area contributed by atoms with Gasteiger partial charge < -0.3 is 12.4 Å². The standard InChI is InChI=1S/3C14H10N2.ClH.Ru/c3*15-13-11-7-3-1-5-9(11)10-6-2-4-8-12(10)14(13)16;;/h3*1-8,15-16H;1H;/q;;;;+2/p-1. The maximum Gasteiger partial charge on any atom is 2.00 e. The molecule has 3 aliphatic carbocycles. The Labute approximate surface area is 309 Å². The Morgan fingerprint density at radius 2 is 0.300 bits per heavy atom. The molecule has 0 unspecified atom stereocenters. The number of halogens is 1. The molecule has 0 radical (unpaired) electrons. The molecule has 0 amide bonds. The quantitative estimate of drug-likeness (QED) is 0.0968. The number of fused-ring (bicyclic) bond motifs is 9. The van der Waals surface area contributed by atoms with E-state index in [2.05, 4.69) is 0 Å². The van der Waals surface area contributed by atoms with Crippen molar-refractivity contribution in [3.63, 3.8) is 0 Å². The predicted molar refractivity (Wildman–Crippen MR) is 197 cm³/mol. The summed E-state index contributed by atoms with van der Waals surface area (Å²) >= 11 is 0. The fourth-order valence-electron chi connectivity index (χ4n) is 6.42. The first-order valence-corrected chi connectivity index (χ1v) is 15.5. The zero-order valence-electron chi connectivity index (χ0n) is 26.6. The Kier molecular flexibility index (Phi) is 10.5. The van der Waals surface area contributed by atoms with Crippen LogP contribution in [0.2, 0.25) is 0 Å². The zero-order chi connectivity index (χ0) is 33.4. The molecule has 6 N–H and O–H groups in total. The van der Waals surface area contributed by atoms with E-state index in [0.717, 1.165) is 66.8 Å². The van der Waals surface area contributed by atoms with Gasteiger partial charge in [0.25, 0.3) is 0 Å². The van der Waals surface area contributed by atoms with Gasteiger partial charge in [-0.25, -0.2) is 0 Å². The van der Waals surface area contributed by atoms with Crippen molar-refractivity contribution in [2.45, 2.75) is 0 Å². The van der Waals surface area contributed by atoms with Crippen molar-refractivity contribution >= 4 is 34.3 Å². The van der Waals surface area contributed by atoms with Gasteiger partial charge in [-0.1, -0.05) is 146 Å². The van der Waals surface area contributed by atoms with Crippen LogP contribution in [0.25, 0.3) is 33.4 Å². The fourth-order valence-corrected chi connectivity index (χ4v) is 6.42. The maximum absolute atomic E-state index is 7.98. The molecule has 242 valence electrons. The Morgan fingerprint density at radius 1 is 0.200 bits per heavy atom. The van der Waals surface area contributed by atoms with Gasteiger partial charge in [0.1, 0.15) is 0 Å². The smallest absolute Gasteiger partial charge is 1.00 e. The first kappa shape index (κ1) is 35.6. The molecule has 8 heteroatoms. The molecule has 0 saturated heterocycles. The van der Waals surface area contributed by atoms with Gasteiger partial charge >= 0.3 is 19.5 Å². The average Bonchev–Trinajstić information content (AvgIpc) is 3.15. The van der Waals surface area contributed by atoms with Crippen molar-refractivity contribution in [1.82, 2.24) is 0 Å². The SMILES string of the molecule is N=C1C(=N)c2ccccc2-c2ccccc21.N=C1C(=N)c2ccccc2-c2ccccc21.N=C1C(=N)c2ccccc2-c2ccccc21.[Cl-].[Ru+2]. The molecule has 0 fully saturated rings. The van der Waals surface area contributed by atoms with Crippen molar-refractivity contribution in [1.29, 1.82) is 32.5 Å². The van der Waals surface area contributed by atoms with Crippen LogP contribution in [0.3, 0.4) is 0 Å². The van der Waals surface area contributed by atoms with Crippen molar-refractivity contribution in [2.24, 2.45) is 0 Å². The molecule has 6 aromatic rings. The largest absolute Gasteiger partial charge is 2.00 e. The van der Waals surface area contributed by atoms with E-state index in [-0.39, 0.29) is 31.9 Å². The minimum Gasteiger partial charge on any atom is -1.00 e. The first-order valence-electron chi connectivity index (χ1n) is 15.5. The van der Waals surface area contributed by atoms with E-state index < -0.39 is 0 Å². The van der Waals surface area contributed by atoms with Gasteiger partial charge in [-0.2, -0.15) is 0 Å². The number of benzene rings is 6. The zero-order valence-corrected chi connectivity index (χ0v) is 29.1. The van der Waals surface area contributed by atoms with Crippen LogP contribution in [0.5, 0.6) is 0 Å². The van der Waals surface area contributed by atoms with Gasteiger partial charge in [-0.05, 0) is 33.4 Å². The third kappa shape index (κ3) is 6.14. The van der Waals surface area contributed by atoms with E-state index >= 15 is 0 Å². The number of nitrogens with one attached hydrogen (secondary N) is 6. The molecule has 0 heterocycles. The van der Waals surface area contributed by atoms with Gasteiger partial charge in [0, 0.05) is 33.4 Å². The molecule has 0 bridgehead atoms. The van der Waals surface area contributed by atoms with E-state index in [4.69, 9.17) is 32.5 Å². The summed E-state index contributed by atoms with van der Waals surface area (Å²) in [7, 11) is 0. The average molecular weight is 755 g/mol. The molecule has 0 atom stereocenters. The normalized spacial score (nSPS) is 12.7. The second-order valence-corrected chi connectivity index (χ2v) is 11.5. The van der Waals surface area contributed by atoms with Gasteiger partial charge in [0.2, 0.25) is 0 Å². The van der Waals surface area contributed by atoms with Gasteiger partial charge in [-0.15, -0.1) is 0 Å². The van der Waals surface area contributed by atoms with Crippen LogP contribution in [0, 0.1) is 32.5 Å². The number of hydrogen-bond donors (Lipinski definition) is 6. The first-order chi connectivity index (χ1) is 23.4. The Bertz CT molecular complexity index is 1950. The molecule has 0 aromatic heterocycles. The Morgan fingerprint density at radius 3 is 0.420 bits per heavy atom. The third-order valence-corrected chi connectivity index (χ3v) is 8.80. The van der Waals surface area contributed by atoms with Crippen molar-refractivity contribution in [3.8, 4) is 33.4 Å². The molecule has 9 rings (SSSR count). The summed E-state index contributed by atoms with van der Waals surface area (Å²) < 4.78 is 0. The van der Waals surface area contributed by atoms with Gasteiger partial charge in [0.05, 0.1) is 34.3 Å². The molecule has 6 nitrogen and oxygen atoms in total. The molecule has 0 saturated carbocycles. The summed E-state index contributed by atoms with van der Waals surface area (Å²) in [6.45, 7) is 0. The summed E-state index contributed by atoms with van der Waals surface area (Å²) in [5.74, 6) is 0. The maximum atomic E-state index is 7.98. The summed E-state index contributed by atoms with van der Waals surface area (Å²) in [4.78, 5) is 0. The van der Waals surface area contributed by atoms with Crippen molar-refractivity contribution < 1.29 is 31.9 Å². The van der Waals surface area contributed by atoms with Crippen LogP contribution in [-0.2, 0) is 19.5 Å². The summed E-state index contributed by atoms with van der Waals surface area (Å²) in [6, 6.07) is 46.8. The van der Waals surface area contributed by atoms with E-state index in [1.54, 1.807) is 0 Å². The van der Waals surface area contributed by atoms with E-state index in [1.165, 1.54) is 0 Å². The van der Waals surface area contributed by atoms with E-state index in [0.29, 0.717) is 34.3 Å². The molecule has 0 aliphatic heterocycles.